The maximum absolute atomic E-state index is 13.3. The van der Waals surface area contributed by atoms with E-state index in [1.165, 1.54) is 20.1 Å². The number of hydrogen-bond donors (Lipinski definition) is 5. The molecular weight excluding hydrogens is 528 g/mol. The van der Waals surface area contributed by atoms with E-state index in [1.807, 2.05) is 0 Å². The van der Waals surface area contributed by atoms with Crippen molar-refractivity contribution in [1.82, 2.24) is 20.8 Å². The quantitative estimate of drug-likeness (QED) is 0.0462. The molecule has 0 aromatic heterocycles. The third kappa shape index (κ3) is 12.8. The lowest BCUT2D eigenvalue weighted by molar-refractivity contribution is -0.145. The minimum atomic E-state index is -1.05. The van der Waals surface area contributed by atoms with Crippen LogP contribution in [0.3, 0.4) is 0 Å². The molecule has 1 rings (SSSR count). The monoisotopic (exact) mass is 564 g/mol. The summed E-state index contributed by atoms with van der Waals surface area (Å²) in [5.41, 5.74) is 6.27. The number of halogens is 1. The highest BCUT2D eigenvalue weighted by Crippen LogP contribution is 2.14. The molecule has 12 nitrogen and oxygen atoms in total. The molecule has 0 heterocycles. The Balaban J connectivity index is 3.07. The van der Waals surface area contributed by atoms with Crippen LogP contribution in [0.15, 0.2) is 54.6 Å². The molecule has 0 saturated carbocycles. The first-order valence-corrected chi connectivity index (χ1v) is 12.6. The van der Waals surface area contributed by atoms with Crippen LogP contribution in [0, 0.1) is 0 Å². The first-order valence-electron chi connectivity index (χ1n) is 12.2. The second-order valence-electron chi connectivity index (χ2n) is 8.37. The summed E-state index contributed by atoms with van der Waals surface area (Å²) in [5.74, 6) is -1.64. The van der Waals surface area contributed by atoms with Gasteiger partial charge in [0.25, 0.3) is 0 Å². The van der Waals surface area contributed by atoms with Crippen LogP contribution in [0.4, 0.5) is 0 Å². The molecule has 0 aliphatic heterocycles. The average Bonchev–Trinajstić information content (AvgIpc) is 2.92. The molecular formula is C26H37ClN6O6. The molecule has 0 unspecified atom stereocenters. The first kappa shape index (κ1) is 33.0. The number of nitrogens with two attached hydrogens (primary N) is 1. The van der Waals surface area contributed by atoms with E-state index in [2.05, 4.69) is 38.9 Å². The minimum absolute atomic E-state index is 0.00470. The summed E-state index contributed by atoms with van der Waals surface area (Å²) in [6, 6.07) is 4.01. The lowest BCUT2D eigenvalue weighted by Gasteiger charge is -2.24. The Kier molecular flexibility index (Phi) is 15.4. The van der Waals surface area contributed by atoms with Crippen LogP contribution in [-0.2, 0) is 30.3 Å². The molecule has 0 aliphatic carbocycles. The zero-order chi connectivity index (χ0) is 29.2. The Bertz CT molecular complexity index is 1020. The molecule has 0 saturated heterocycles. The van der Waals surface area contributed by atoms with Gasteiger partial charge >= 0.3 is 5.97 Å². The summed E-state index contributed by atoms with van der Waals surface area (Å²) in [6.45, 7) is 9.05. The van der Waals surface area contributed by atoms with Gasteiger partial charge in [0.1, 0.15) is 30.5 Å². The van der Waals surface area contributed by atoms with Crippen LogP contribution in [0.2, 0.25) is 0 Å². The number of nitrogens with one attached hydrogen (secondary N) is 4. The predicted molar refractivity (Wildman–Crippen MR) is 149 cm³/mol. The fourth-order valence-corrected chi connectivity index (χ4v) is 3.49. The van der Waals surface area contributed by atoms with Gasteiger partial charge in [0.15, 0.2) is 0 Å². The molecule has 0 fully saturated rings. The number of aliphatic imine (C=N–C) groups is 1. The van der Waals surface area contributed by atoms with E-state index in [0.29, 0.717) is 18.8 Å². The van der Waals surface area contributed by atoms with Crippen molar-refractivity contribution in [3.05, 3.63) is 55.1 Å². The largest absolute Gasteiger partial charge is 0.490 e. The summed E-state index contributed by atoms with van der Waals surface area (Å²) in [6.07, 6.45) is 3.87. The third-order valence-electron chi connectivity index (χ3n) is 5.29. The summed E-state index contributed by atoms with van der Waals surface area (Å²) in [7, 11) is 1.20. The van der Waals surface area contributed by atoms with Gasteiger partial charge < -0.3 is 31.2 Å². The van der Waals surface area contributed by atoms with Crippen LogP contribution in [0.5, 0.6) is 5.75 Å². The van der Waals surface area contributed by atoms with Crippen molar-refractivity contribution in [3.8, 4) is 5.75 Å². The molecule has 0 aliphatic rings. The van der Waals surface area contributed by atoms with Gasteiger partial charge in [0.05, 0.1) is 7.11 Å². The number of amides is 3. The van der Waals surface area contributed by atoms with Gasteiger partial charge in [-0.1, -0.05) is 30.9 Å². The highest BCUT2D eigenvalue weighted by Gasteiger charge is 2.29. The maximum Gasteiger partial charge on any atom is 0.328 e. The maximum atomic E-state index is 13.3. The minimum Gasteiger partial charge on any atom is -0.490 e. The highest BCUT2D eigenvalue weighted by molar-refractivity contribution is 6.21. The Labute approximate surface area is 233 Å². The molecule has 6 N–H and O–H groups in total. The molecule has 0 radical (unpaired) electrons. The number of methoxy groups -OCH3 is 1. The van der Waals surface area contributed by atoms with Crippen molar-refractivity contribution < 1.29 is 28.7 Å². The van der Waals surface area contributed by atoms with Crippen LogP contribution in [0.1, 0.15) is 31.7 Å². The van der Waals surface area contributed by atoms with E-state index in [-0.39, 0.29) is 31.8 Å². The Morgan fingerprint density at radius 3 is 2.23 bits per heavy atom. The van der Waals surface area contributed by atoms with Gasteiger partial charge in [0.2, 0.25) is 23.7 Å². The van der Waals surface area contributed by atoms with Crippen molar-refractivity contribution in [2.45, 2.75) is 50.7 Å². The number of benzene rings is 1. The molecule has 3 amide bonds. The van der Waals surface area contributed by atoms with Gasteiger partial charge in [-0.2, -0.15) is 0 Å². The fourth-order valence-electron chi connectivity index (χ4n) is 3.43. The van der Waals surface area contributed by atoms with Gasteiger partial charge in [-0.15, -0.1) is 6.58 Å². The normalized spacial score (nSPS) is 13.2. The summed E-state index contributed by atoms with van der Waals surface area (Å²) >= 11 is 5.39. The highest BCUT2D eigenvalue weighted by atomic mass is 35.5. The van der Waals surface area contributed by atoms with Crippen molar-refractivity contribution in [2.75, 3.05) is 20.3 Å². The first-order chi connectivity index (χ1) is 18.6. The van der Waals surface area contributed by atoms with Crippen LogP contribution in [-0.4, -0.2) is 68.0 Å². The molecule has 214 valence electrons. The van der Waals surface area contributed by atoms with Gasteiger partial charge in [-0.25, -0.2) is 4.79 Å². The molecule has 1 aromatic rings. The van der Waals surface area contributed by atoms with E-state index >= 15 is 0 Å². The van der Waals surface area contributed by atoms with Crippen molar-refractivity contribution in [2.24, 2.45) is 10.7 Å². The van der Waals surface area contributed by atoms with Crippen LogP contribution >= 0.6 is 11.8 Å². The second kappa shape index (κ2) is 18.2. The van der Waals surface area contributed by atoms with Gasteiger partial charge in [-0.05, 0) is 37.0 Å². The summed E-state index contributed by atoms with van der Waals surface area (Å²) in [4.78, 5) is 56.5. The fraction of sp³-hybridized carbons (Fsp3) is 0.423. The van der Waals surface area contributed by atoms with Crippen molar-refractivity contribution >= 4 is 41.4 Å². The average molecular weight is 565 g/mol. The van der Waals surface area contributed by atoms with Gasteiger partial charge in [-0.3, -0.25) is 24.2 Å². The molecule has 13 heteroatoms. The summed E-state index contributed by atoms with van der Waals surface area (Å²) in [5, 5.41) is 7.90. The van der Waals surface area contributed by atoms with E-state index in [9.17, 15) is 19.2 Å². The number of carbonyl (C=O) groups excluding carboxylic acids is 4. The van der Waals surface area contributed by atoms with Crippen LogP contribution < -0.4 is 31.3 Å². The lowest BCUT2D eigenvalue weighted by atomic mass is 10.0. The number of carbonyl (C=O) groups is 4. The van der Waals surface area contributed by atoms with Crippen LogP contribution in [0.25, 0.3) is 0 Å². The number of ether oxygens (including phenoxy) is 2. The standard InChI is InChI=1S/C26H37ClN6O6/c1-5-8-21(25(37)38-4)32-23(35)20(9-7-14-29-26(28)33-27)31-24(36)22(30-17(3)34)16-18-10-12-19(13-11-18)39-15-6-2/h5-6,10-13,20-22H,1-2,7-9,14-16H2,3-4H3,(H,30,34)(H,31,36)(H,32,35)(H3,28,29,33)/t20-,21-,22+/m1/s1. The third-order valence-corrected chi connectivity index (χ3v) is 5.49. The SMILES string of the molecule is C=CCOc1ccc(C[C@H](NC(C)=O)C(=O)N[C@H](CCCN=C(N)NCl)C(=O)N[C@H](CC=C)C(=O)OC)cc1. The Morgan fingerprint density at radius 1 is 1.03 bits per heavy atom. The summed E-state index contributed by atoms with van der Waals surface area (Å²) < 4.78 is 10.2. The van der Waals surface area contributed by atoms with E-state index < -0.39 is 41.8 Å². The molecule has 1 aromatic carbocycles. The number of hydrogen-bond acceptors (Lipinski definition) is 7. The lowest BCUT2D eigenvalue weighted by Crippen LogP contribution is -2.56. The zero-order valence-corrected chi connectivity index (χ0v) is 23.0. The molecule has 3 atom stereocenters. The van der Waals surface area contributed by atoms with E-state index in [1.54, 1.807) is 30.3 Å². The van der Waals surface area contributed by atoms with E-state index in [0.717, 1.165) is 5.56 Å². The number of nitrogens with zero attached hydrogens (tertiary/aromatic N) is 1. The zero-order valence-electron chi connectivity index (χ0n) is 22.2. The molecule has 0 spiro atoms. The molecule has 39 heavy (non-hydrogen) atoms. The second-order valence-corrected chi connectivity index (χ2v) is 8.56. The number of rotatable bonds is 17. The Morgan fingerprint density at radius 2 is 1.67 bits per heavy atom. The molecule has 0 bridgehead atoms. The Hall–Kier alpha value is -4.06. The smallest absolute Gasteiger partial charge is 0.328 e. The predicted octanol–water partition coefficient (Wildman–Crippen LogP) is 0.856. The van der Waals surface area contributed by atoms with Crippen molar-refractivity contribution in [1.29, 1.82) is 0 Å². The van der Waals surface area contributed by atoms with Crippen molar-refractivity contribution in [3.63, 3.8) is 0 Å². The number of esters is 1. The van der Waals surface area contributed by atoms with Gasteiger partial charge in [0, 0.05) is 31.7 Å². The number of guanidine groups is 1. The topological polar surface area (TPSA) is 173 Å². The van der Waals surface area contributed by atoms with E-state index in [4.69, 9.17) is 27.0 Å².